The third-order valence-corrected chi connectivity index (χ3v) is 10.8. The van der Waals surface area contributed by atoms with Gasteiger partial charge in [-0.3, -0.25) is 24.1 Å². The molecule has 3 aliphatic heterocycles. The molecule has 5 rings (SSSR count). The van der Waals surface area contributed by atoms with Crippen molar-refractivity contribution in [2.24, 2.45) is 22.8 Å². The fourth-order valence-electron chi connectivity index (χ4n) is 7.55. The smallest absolute Gasteiger partial charge is 0.245 e. The monoisotopic (exact) mass is 717 g/mol. The summed E-state index contributed by atoms with van der Waals surface area (Å²) in [5.41, 5.74) is 14.0. The minimum absolute atomic E-state index is 0.0662. The Morgan fingerprint density at radius 3 is 1.90 bits per heavy atom. The van der Waals surface area contributed by atoms with E-state index in [1.165, 1.54) is 0 Å². The van der Waals surface area contributed by atoms with Gasteiger partial charge in [0.15, 0.2) is 0 Å². The van der Waals surface area contributed by atoms with Crippen LogP contribution in [0, 0.1) is 11.3 Å². The molecule has 0 bridgehead atoms. The Balaban J connectivity index is 1.23. The normalized spacial score (nSPS) is 19.5. The SMILES string of the molecule is CC(C)CC(NC(=O)C(Cc1ccccc1)NC(=O)C(N)Cc1ccccc1)C(=O)NC(CCCCN)C(=O)N1CC2(CCN(C3COC3)CC2)C1. The van der Waals surface area contributed by atoms with Crippen molar-refractivity contribution in [2.75, 3.05) is 45.9 Å². The van der Waals surface area contributed by atoms with Gasteiger partial charge < -0.3 is 37.1 Å². The number of amides is 4. The Bertz CT molecular complexity index is 1460. The van der Waals surface area contributed by atoms with E-state index in [0.29, 0.717) is 51.4 Å². The summed E-state index contributed by atoms with van der Waals surface area (Å²) in [6.45, 7) is 9.52. The number of ether oxygens (including phenoxy) is 1. The van der Waals surface area contributed by atoms with Crippen LogP contribution in [0.4, 0.5) is 0 Å². The summed E-state index contributed by atoms with van der Waals surface area (Å²) in [7, 11) is 0. The van der Waals surface area contributed by atoms with Gasteiger partial charge in [0, 0.05) is 24.9 Å². The van der Waals surface area contributed by atoms with Gasteiger partial charge >= 0.3 is 0 Å². The number of hydrogen-bond acceptors (Lipinski definition) is 8. The molecule has 4 atom stereocenters. The molecule has 1 spiro atoms. The molecule has 4 unspecified atom stereocenters. The average molecular weight is 718 g/mol. The molecule has 12 nitrogen and oxygen atoms in total. The van der Waals surface area contributed by atoms with E-state index in [1.54, 1.807) is 0 Å². The highest BCUT2D eigenvalue weighted by Crippen LogP contribution is 2.41. The van der Waals surface area contributed by atoms with Crippen LogP contribution in [-0.4, -0.2) is 110 Å². The predicted octanol–water partition coefficient (Wildman–Crippen LogP) is 1.75. The first-order valence-corrected chi connectivity index (χ1v) is 19.1. The molecule has 3 fully saturated rings. The second-order valence-electron chi connectivity index (χ2n) is 15.5. The van der Waals surface area contributed by atoms with Crippen molar-refractivity contribution in [1.82, 2.24) is 25.8 Å². The van der Waals surface area contributed by atoms with Crippen LogP contribution in [0.1, 0.15) is 63.5 Å². The van der Waals surface area contributed by atoms with E-state index >= 15 is 0 Å². The van der Waals surface area contributed by atoms with E-state index in [1.807, 2.05) is 79.4 Å². The molecule has 0 aliphatic carbocycles. The topological polar surface area (TPSA) is 172 Å². The van der Waals surface area contributed by atoms with Crippen molar-refractivity contribution in [2.45, 2.75) is 95.4 Å². The number of carbonyl (C=O) groups excluding carboxylic acids is 4. The predicted molar refractivity (Wildman–Crippen MR) is 201 cm³/mol. The van der Waals surface area contributed by atoms with Gasteiger partial charge in [-0.25, -0.2) is 0 Å². The number of nitrogens with one attached hydrogen (secondary N) is 3. The summed E-state index contributed by atoms with van der Waals surface area (Å²) in [6.07, 6.45) is 4.90. The van der Waals surface area contributed by atoms with Crippen LogP contribution in [-0.2, 0) is 36.8 Å². The molecule has 2 aromatic carbocycles. The van der Waals surface area contributed by atoms with Crippen molar-refractivity contribution in [3.8, 4) is 0 Å². The Kier molecular flexibility index (Phi) is 14.2. The third-order valence-electron chi connectivity index (χ3n) is 10.8. The summed E-state index contributed by atoms with van der Waals surface area (Å²) in [6, 6.07) is 15.9. The summed E-state index contributed by atoms with van der Waals surface area (Å²) in [4.78, 5) is 59.6. The van der Waals surface area contributed by atoms with Crippen LogP contribution >= 0.6 is 0 Å². The molecule has 4 amide bonds. The number of carbonyl (C=O) groups is 4. The van der Waals surface area contributed by atoms with Crippen LogP contribution in [0.5, 0.6) is 0 Å². The summed E-state index contributed by atoms with van der Waals surface area (Å²) in [5, 5.41) is 8.82. The second kappa shape index (κ2) is 18.8. The lowest BCUT2D eigenvalue weighted by molar-refractivity contribution is -0.153. The fraction of sp³-hybridized carbons (Fsp3) is 0.600. The Morgan fingerprint density at radius 2 is 1.35 bits per heavy atom. The van der Waals surface area contributed by atoms with Crippen molar-refractivity contribution in [3.63, 3.8) is 0 Å². The van der Waals surface area contributed by atoms with Crippen molar-refractivity contribution >= 4 is 23.6 Å². The van der Waals surface area contributed by atoms with Gasteiger partial charge in [-0.15, -0.1) is 0 Å². The Labute approximate surface area is 308 Å². The largest absolute Gasteiger partial charge is 0.378 e. The third kappa shape index (κ3) is 10.8. The second-order valence-corrected chi connectivity index (χ2v) is 15.5. The van der Waals surface area contributed by atoms with Crippen molar-refractivity contribution in [1.29, 1.82) is 0 Å². The zero-order valence-electron chi connectivity index (χ0n) is 30.9. The first-order valence-electron chi connectivity index (χ1n) is 19.1. The van der Waals surface area contributed by atoms with Gasteiger partial charge in [-0.1, -0.05) is 74.5 Å². The standard InChI is InChI=1S/C40H59N7O5/c1-28(2)21-34(45-38(50)35(23-30-13-7-4-8-14-30)44-36(48)32(42)22-29-11-5-3-6-12-29)37(49)43-33(15-9-10-18-41)39(51)47-26-40(27-47)16-19-46(20-17-40)31-24-52-25-31/h3-8,11-14,28,31-35H,9-10,15-27,41-42H2,1-2H3,(H,43,49)(H,44,48)(H,45,50). The molecule has 3 heterocycles. The van der Waals surface area contributed by atoms with Crippen molar-refractivity contribution in [3.05, 3.63) is 71.8 Å². The molecule has 7 N–H and O–H groups in total. The summed E-state index contributed by atoms with van der Waals surface area (Å²) < 4.78 is 5.38. The molecular formula is C40H59N7O5. The number of nitrogens with zero attached hydrogens (tertiary/aromatic N) is 2. The molecule has 12 heteroatoms. The van der Waals surface area contributed by atoms with E-state index in [4.69, 9.17) is 16.2 Å². The number of benzene rings is 2. The average Bonchev–Trinajstić information content (AvgIpc) is 3.09. The first kappa shape index (κ1) is 39.4. The first-order chi connectivity index (χ1) is 25.1. The number of hydrogen-bond donors (Lipinski definition) is 5. The van der Waals surface area contributed by atoms with Crippen molar-refractivity contribution < 1.29 is 23.9 Å². The Hall–Kier alpha value is -3.84. The summed E-state index contributed by atoms with van der Waals surface area (Å²) in [5.74, 6) is -1.37. The van der Waals surface area contributed by atoms with Gasteiger partial charge in [-0.05, 0) is 81.6 Å². The molecule has 3 saturated heterocycles. The highest BCUT2D eigenvalue weighted by atomic mass is 16.5. The Morgan fingerprint density at radius 1 is 0.788 bits per heavy atom. The minimum atomic E-state index is -0.971. The fourth-order valence-corrected chi connectivity index (χ4v) is 7.55. The molecule has 284 valence electrons. The molecule has 0 saturated carbocycles. The van der Waals surface area contributed by atoms with Gasteiger partial charge in [0.2, 0.25) is 23.6 Å². The number of nitrogens with two attached hydrogens (primary N) is 2. The van der Waals surface area contributed by atoms with Crippen LogP contribution in [0.3, 0.4) is 0 Å². The molecule has 52 heavy (non-hydrogen) atoms. The van der Waals surface area contributed by atoms with Crippen LogP contribution in [0.15, 0.2) is 60.7 Å². The van der Waals surface area contributed by atoms with Gasteiger partial charge in [0.25, 0.3) is 0 Å². The zero-order valence-corrected chi connectivity index (χ0v) is 30.9. The van der Waals surface area contributed by atoms with Gasteiger partial charge in [0.1, 0.15) is 18.1 Å². The van der Waals surface area contributed by atoms with Crippen LogP contribution in [0.2, 0.25) is 0 Å². The van der Waals surface area contributed by atoms with E-state index in [9.17, 15) is 19.2 Å². The number of unbranched alkanes of at least 4 members (excludes halogenated alkanes) is 1. The minimum Gasteiger partial charge on any atom is -0.378 e. The van der Waals surface area contributed by atoms with E-state index in [0.717, 1.165) is 56.7 Å². The maximum absolute atomic E-state index is 14.0. The lowest BCUT2D eigenvalue weighted by Gasteiger charge is -2.56. The molecule has 0 aromatic heterocycles. The molecule has 2 aromatic rings. The van der Waals surface area contributed by atoms with Gasteiger partial charge in [0.05, 0.1) is 25.3 Å². The highest BCUT2D eigenvalue weighted by molar-refractivity contribution is 5.95. The number of rotatable bonds is 18. The van der Waals surface area contributed by atoms with E-state index in [2.05, 4.69) is 20.9 Å². The highest BCUT2D eigenvalue weighted by Gasteiger charge is 2.49. The molecule has 0 radical (unpaired) electrons. The number of piperidine rings is 1. The maximum atomic E-state index is 14.0. The lowest BCUT2D eigenvalue weighted by atomic mass is 9.71. The van der Waals surface area contributed by atoms with Crippen LogP contribution < -0.4 is 27.4 Å². The maximum Gasteiger partial charge on any atom is 0.245 e. The lowest BCUT2D eigenvalue weighted by Crippen LogP contribution is -2.66. The van der Waals surface area contributed by atoms with Crippen LogP contribution in [0.25, 0.3) is 0 Å². The zero-order chi connectivity index (χ0) is 37.1. The molecular weight excluding hydrogens is 658 g/mol. The molecule has 3 aliphatic rings. The van der Waals surface area contributed by atoms with Gasteiger partial charge in [-0.2, -0.15) is 0 Å². The quantitative estimate of drug-likeness (QED) is 0.145. The number of likely N-dealkylation sites (tertiary alicyclic amines) is 2. The van der Waals surface area contributed by atoms with E-state index in [-0.39, 0.29) is 23.7 Å². The summed E-state index contributed by atoms with van der Waals surface area (Å²) >= 11 is 0. The van der Waals surface area contributed by atoms with E-state index < -0.39 is 41.9 Å².